The van der Waals surface area contributed by atoms with Gasteiger partial charge in [-0.1, -0.05) is 6.92 Å². The van der Waals surface area contributed by atoms with Gasteiger partial charge in [-0.2, -0.15) is 0 Å². The van der Waals surface area contributed by atoms with Crippen molar-refractivity contribution in [2.45, 2.75) is 32.1 Å². The molecule has 0 aromatic heterocycles. The lowest BCUT2D eigenvalue weighted by atomic mass is 10.3. The zero-order valence-electron chi connectivity index (χ0n) is 12.9. The summed E-state index contributed by atoms with van der Waals surface area (Å²) in [6, 6.07) is 6.54. The number of nitrogens with zero attached hydrogens (tertiary/aromatic N) is 1. The minimum Gasteiger partial charge on any atom is -0.376 e. The van der Waals surface area contributed by atoms with E-state index in [0.29, 0.717) is 24.4 Å². The van der Waals surface area contributed by atoms with Gasteiger partial charge in [0.2, 0.25) is 5.91 Å². The zero-order chi connectivity index (χ0) is 15.9. The number of rotatable bonds is 8. The summed E-state index contributed by atoms with van der Waals surface area (Å²) in [4.78, 5) is 13.9. The second kappa shape index (κ2) is 8.02. The highest BCUT2D eigenvalue weighted by atomic mass is 32.2. The van der Waals surface area contributed by atoms with Crippen molar-refractivity contribution in [3.63, 3.8) is 0 Å². The van der Waals surface area contributed by atoms with Gasteiger partial charge in [0.15, 0.2) is 9.84 Å². The number of nitrogens with one attached hydrogen (secondary N) is 1. The third kappa shape index (κ3) is 5.04. The molecule has 0 bridgehead atoms. The van der Waals surface area contributed by atoms with E-state index >= 15 is 0 Å². The molecule has 0 saturated heterocycles. The Morgan fingerprint density at radius 2 is 1.67 bits per heavy atom. The molecule has 1 N–H and O–H groups in total. The molecular formula is C15H24N2O3S. The van der Waals surface area contributed by atoms with Gasteiger partial charge in [0.25, 0.3) is 0 Å². The summed E-state index contributed by atoms with van der Waals surface area (Å²) in [5, 5.41) is 3.02. The van der Waals surface area contributed by atoms with E-state index in [4.69, 9.17) is 0 Å². The van der Waals surface area contributed by atoms with E-state index in [2.05, 4.69) is 5.32 Å². The van der Waals surface area contributed by atoms with Crippen LogP contribution < -0.4 is 5.32 Å². The average Bonchev–Trinajstić information content (AvgIpc) is 2.47. The minimum atomic E-state index is -3.18. The molecule has 1 aromatic rings. The number of amides is 1. The topological polar surface area (TPSA) is 66.5 Å². The Balaban J connectivity index is 2.66. The Kier molecular flexibility index (Phi) is 6.68. The molecule has 118 valence electrons. The standard InChI is InChI=1S/C15H24N2O3S/c1-4-11-21(19,20)14-9-7-13(8-10-14)16-12-15(18)17(5-2)6-3/h7-10,16H,4-6,11-12H2,1-3H3. The zero-order valence-corrected chi connectivity index (χ0v) is 13.7. The molecule has 1 aromatic carbocycles. The first-order valence-corrected chi connectivity index (χ1v) is 8.94. The maximum absolute atomic E-state index is 11.9. The maximum Gasteiger partial charge on any atom is 0.241 e. The van der Waals surface area contributed by atoms with Gasteiger partial charge in [0.05, 0.1) is 17.2 Å². The van der Waals surface area contributed by atoms with E-state index in [-0.39, 0.29) is 18.2 Å². The minimum absolute atomic E-state index is 0.0303. The molecule has 5 nitrogen and oxygen atoms in total. The Labute approximate surface area is 127 Å². The molecule has 0 aliphatic rings. The highest BCUT2D eigenvalue weighted by Crippen LogP contribution is 2.16. The van der Waals surface area contributed by atoms with Gasteiger partial charge in [-0.05, 0) is 44.5 Å². The van der Waals surface area contributed by atoms with Crippen LogP contribution in [-0.4, -0.2) is 44.6 Å². The van der Waals surface area contributed by atoms with Gasteiger partial charge in [0, 0.05) is 18.8 Å². The summed E-state index contributed by atoms with van der Waals surface area (Å²) in [7, 11) is -3.18. The third-order valence-electron chi connectivity index (χ3n) is 3.25. The van der Waals surface area contributed by atoms with Crippen molar-refractivity contribution in [1.82, 2.24) is 4.90 Å². The number of anilines is 1. The number of hydrogen-bond acceptors (Lipinski definition) is 4. The van der Waals surface area contributed by atoms with E-state index in [1.54, 1.807) is 29.2 Å². The van der Waals surface area contributed by atoms with Gasteiger partial charge >= 0.3 is 0 Å². The van der Waals surface area contributed by atoms with Crippen LogP contribution in [0.4, 0.5) is 5.69 Å². The fourth-order valence-corrected chi connectivity index (χ4v) is 3.36. The molecule has 0 fully saturated rings. The van der Waals surface area contributed by atoms with Crippen LogP contribution >= 0.6 is 0 Å². The van der Waals surface area contributed by atoms with Crippen LogP contribution in [0.2, 0.25) is 0 Å². The number of benzene rings is 1. The lowest BCUT2D eigenvalue weighted by Crippen LogP contribution is -2.35. The molecule has 0 radical (unpaired) electrons. The smallest absolute Gasteiger partial charge is 0.241 e. The predicted octanol–water partition coefficient (Wildman–Crippen LogP) is 2.15. The van der Waals surface area contributed by atoms with Crippen LogP contribution in [0.5, 0.6) is 0 Å². The fraction of sp³-hybridized carbons (Fsp3) is 0.533. The van der Waals surface area contributed by atoms with Gasteiger partial charge < -0.3 is 10.2 Å². The molecule has 1 amide bonds. The Morgan fingerprint density at radius 1 is 1.10 bits per heavy atom. The summed E-state index contributed by atoms with van der Waals surface area (Å²) < 4.78 is 23.8. The van der Waals surface area contributed by atoms with Crippen molar-refractivity contribution < 1.29 is 13.2 Å². The summed E-state index contributed by atoms with van der Waals surface area (Å²) in [6.45, 7) is 7.30. The number of sulfone groups is 1. The van der Waals surface area contributed by atoms with Crippen molar-refractivity contribution in [1.29, 1.82) is 0 Å². The van der Waals surface area contributed by atoms with E-state index in [1.807, 2.05) is 20.8 Å². The molecule has 0 atom stereocenters. The first-order chi connectivity index (χ1) is 9.94. The fourth-order valence-electron chi connectivity index (χ4n) is 2.03. The maximum atomic E-state index is 11.9. The van der Waals surface area contributed by atoms with Crippen LogP contribution in [0.3, 0.4) is 0 Å². The van der Waals surface area contributed by atoms with Crippen LogP contribution in [0, 0.1) is 0 Å². The van der Waals surface area contributed by atoms with Crippen molar-refractivity contribution in [3.05, 3.63) is 24.3 Å². The van der Waals surface area contributed by atoms with Gasteiger partial charge in [-0.25, -0.2) is 8.42 Å². The van der Waals surface area contributed by atoms with Gasteiger partial charge in [0.1, 0.15) is 0 Å². The summed E-state index contributed by atoms with van der Waals surface area (Å²) in [6.07, 6.45) is 0.598. The molecule has 0 unspecified atom stereocenters. The molecule has 0 heterocycles. The second-order valence-electron chi connectivity index (χ2n) is 4.76. The van der Waals surface area contributed by atoms with Gasteiger partial charge in [-0.15, -0.1) is 0 Å². The van der Waals surface area contributed by atoms with E-state index in [9.17, 15) is 13.2 Å². The van der Waals surface area contributed by atoms with Crippen LogP contribution in [0.25, 0.3) is 0 Å². The lowest BCUT2D eigenvalue weighted by Gasteiger charge is -2.19. The van der Waals surface area contributed by atoms with Crippen molar-refractivity contribution in [2.24, 2.45) is 0 Å². The van der Waals surface area contributed by atoms with Gasteiger partial charge in [-0.3, -0.25) is 4.79 Å². The molecule has 0 aliphatic carbocycles. The third-order valence-corrected chi connectivity index (χ3v) is 5.18. The highest BCUT2D eigenvalue weighted by Gasteiger charge is 2.13. The monoisotopic (exact) mass is 312 g/mol. The summed E-state index contributed by atoms with van der Waals surface area (Å²) in [5.74, 6) is 0.183. The molecule has 6 heteroatoms. The number of hydrogen-bond donors (Lipinski definition) is 1. The van der Waals surface area contributed by atoms with Crippen molar-refractivity contribution in [2.75, 3.05) is 30.7 Å². The molecule has 21 heavy (non-hydrogen) atoms. The van der Waals surface area contributed by atoms with Crippen LogP contribution in [0.15, 0.2) is 29.2 Å². The molecule has 0 saturated carbocycles. The predicted molar refractivity (Wildman–Crippen MR) is 85.2 cm³/mol. The second-order valence-corrected chi connectivity index (χ2v) is 6.87. The van der Waals surface area contributed by atoms with E-state index < -0.39 is 9.84 Å². The summed E-state index contributed by atoms with van der Waals surface area (Å²) in [5.41, 5.74) is 0.742. The van der Waals surface area contributed by atoms with Crippen LogP contribution in [-0.2, 0) is 14.6 Å². The largest absolute Gasteiger partial charge is 0.376 e. The molecule has 0 aliphatic heterocycles. The Bertz CT molecular complexity index is 549. The van der Waals surface area contributed by atoms with Crippen molar-refractivity contribution in [3.8, 4) is 0 Å². The number of likely N-dealkylation sites (N-methyl/N-ethyl adjacent to an activating group) is 1. The first-order valence-electron chi connectivity index (χ1n) is 7.29. The SMILES string of the molecule is CCCS(=O)(=O)c1ccc(NCC(=O)N(CC)CC)cc1. The quantitative estimate of drug-likeness (QED) is 0.799. The highest BCUT2D eigenvalue weighted by molar-refractivity contribution is 7.91. The normalized spacial score (nSPS) is 11.2. The first kappa shape index (κ1) is 17.5. The average molecular weight is 312 g/mol. The lowest BCUT2D eigenvalue weighted by molar-refractivity contribution is -0.128. The van der Waals surface area contributed by atoms with E-state index in [0.717, 1.165) is 5.69 Å². The number of carbonyl (C=O) groups excluding carboxylic acids is 1. The molecule has 0 spiro atoms. The van der Waals surface area contributed by atoms with E-state index in [1.165, 1.54) is 0 Å². The molecule has 1 rings (SSSR count). The Hall–Kier alpha value is -1.56. The van der Waals surface area contributed by atoms with Crippen molar-refractivity contribution >= 4 is 21.4 Å². The Morgan fingerprint density at radius 3 is 2.14 bits per heavy atom. The number of carbonyl (C=O) groups is 1. The summed E-state index contributed by atoms with van der Waals surface area (Å²) >= 11 is 0. The van der Waals surface area contributed by atoms with Crippen LogP contribution in [0.1, 0.15) is 27.2 Å². The molecular weight excluding hydrogens is 288 g/mol.